The van der Waals surface area contributed by atoms with Gasteiger partial charge >= 0.3 is 0 Å². The molecule has 0 N–H and O–H groups in total. The molecule has 2 rings (SSSR count). The molecule has 1 aromatic rings. The van der Waals surface area contributed by atoms with E-state index in [-0.39, 0.29) is 6.04 Å². The van der Waals surface area contributed by atoms with Crippen LogP contribution >= 0.6 is 0 Å². The van der Waals surface area contributed by atoms with E-state index < -0.39 is 19.8 Å². The van der Waals surface area contributed by atoms with Crippen LogP contribution in [-0.4, -0.2) is 37.0 Å². The van der Waals surface area contributed by atoms with E-state index in [4.69, 9.17) is 4.74 Å². The molecular weight excluding hydrogens is 274 g/mol. The van der Waals surface area contributed by atoms with Crippen LogP contribution in [-0.2, 0) is 14.6 Å². The van der Waals surface area contributed by atoms with Crippen molar-refractivity contribution in [3.05, 3.63) is 35.9 Å². The van der Waals surface area contributed by atoms with Gasteiger partial charge in [-0.05, 0) is 39.8 Å². The Balaban J connectivity index is 2.23. The highest BCUT2D eigenvalue weighted by Gasteiger charge is 2.40. The van der Waals surface area contributed by atoms with Crippen molar-refractivity contribution in [3.63, 3.8) is 0 Å². The lowest BCUT2D eigenvalue weighted by Gasteiger charge is -2.26. The first-order valence-corrected chi connectivity index (χ1v) is 8.27. The number of hydrogen-bond acceptors (Lipinski definition) is 4. The van der Waals surface area contributed by atoms with Gasteiger partial charge in [0, 0.05) is 5.56 Å². The number of hydrogen-bond donors (Lipinski definition) is 0. The SMILES string of the molecule is C[C@H]([C@H]1COC(c2ccccc2)=N1)S(=O)(=O)C(C)(C)C. The maximum atomic E-state index is 12.5. The molecule has 0 saturated heterocycles. The summed E-state index contributed by atoms with van der Waals surface area (Å²) in [7, 11) is -3.25. The average Bonchev–Trinajstić information content (AvgIpc) is 2.87. The number of rotatable bonds is 3. The molecule has 0 bridgehead atoms. The lowest BCUT2D eigenvalue weighted by molar-refractivity contribution is 0.314. The van der Waals surface area contributed by atoms with Crippen LogP contribution in [0.4, 0.5) is 0 Å². The van der Waals surface area contributed by atoms with Crippen LogP contribution < -0.4 is 0 Å². The molecule has 20 heavy (non-hydrogen) atoms. The Labute approximate surface area is 120 Å². The zero-order valence-electron chi connectivity index (χ0n) is 12.3. The average molecular weight is 295 g/mol. The van der Waals surface area contributed by atoms with Gasteiger partial charge in [0.15, 0.2) is 9.84 Å². The summed E-state index contributed by atoms with van der Waals surface area (Å²) >= 11 is 0. The largest absolute Gasteiger partial charge is 0.475 e. The molecular formula is C15H21NO3S. The van der Waals surface area contributed by atoms with Gasteiger partial charge in [-0.15, -0.1) is 0 Å². The minimum atomic E-state index is -3.25. The van der Waals surface area contributed by atoms with Gasteiger partial charge in [0.1, 0.15) is 12.6 Å². The van der Waals surface area contributed by atoms with Crippen molar-refractivity contribution < 1.29 is 13.2 Å². The summed E-state index contributed by atoms with van der Waals surface area (Å²) in [5.41, 5.74) is 0.885. The summed E-state index contributed by atoms with van der Waals surface area (Å²) in [6, 6.07) is 9.21. The van der Waals surface area contributed by atoms with E-state index >= 15 is 0 Å². The fourth-order valence-corrected chi connectivity index (χ4v) is 3.80. The summed E-state index contributed by atoms with van der Waals surface area (Å²) < 4.78 is 29.7. The fourth-order valence-electron chi connectivity index (χ4n) is 2.13. The number of aliphatic imine (C=N–C) groups is 1. The predicted molar refractivity (Wildman–Crippen MR) is 80.9 cm³/mol. The Kier molecular flexibility index (Phi) is 3.91. The standard InChI is InChI=1S/C15H21NO3S/c1-11(20(17,18)15(2,3)4)13-10-19-14(16-13)12-8-6-5-7-9-12/h5-9,11,13H,10H2,1-4H3/t11-,13-/m1/s1. The zero-order chi connectivity index (χ0) is 15.0. The van der Waals surface area contributed by atoms with Crippen molar-refractivity contribution in [2.75, 3.05) is 6.61 Å². The highest BCUT2D eigenvalue weighted by Crippen LogP contribution is 2.26. The summed E-state index contributed by atoms with van der Waals surface area (Å²) in [4.78, 5) is 4.45. The van der Waals surface area contributed by atoms with Crippen molar-refractivity contribution in [3.8, 4) is 0 Å². The second kappa shape index (κ2) is 5.20. The Morgan fingerprint density at radius 2 is 1.85 bits per heavy atom. The lowest BCUT2D eigenvalue weighted by Crippen LogP contribution is -2.41. The van der Waals surface area contributed by atoms with Crippen LogP contribution in [0.1, 0.15) is 33.3 Å². The van der Waals surface area contributed by atoms with Crippen LogP contribution in [0.25, 0.3) is 0 Å². The summed E-state index contributed by atoms with van der Waals surface area (Å²) in [5, 5.41) is -0.552. The highest BCUT2D eigenvalue weighted by molar-refractivity contribution is 7.93. The van der Waals surface area contributed by atoms with Crippen LogP contribution in [0.15, 0.2) is 35.3 Å². The fraction of sp³-hybridized carbons (Fsp3) is 0.533. The Morgan fingerprint density at radius 3 is 2.40 bits per heavy atom. The van der Waals surface area contributed by atoms with Gasteiger partial charge in [-0.1, -0.05) is 18.2 Å². The van der Waals surface area contributed by atoms with E-state index in [1.807, 2.05) is 30.3 Å². The van der Waals surface area contributed by atoms with Crippen molar-refractivity contribution in [2.24, 2.45) is 4.99 Å². The first kappa shape index (κ1) is 15.0. The van der Waals surface area contributed by atoms with Crippen LogP contribution in [0, 0.1) is 0 Å². The zero-order valence-corrected chi connectivity index (χ0v) is 13.1. The molecule has 0 amide bonds. The molecule has 0 aliphatic carbocycles. The third-order valence-corrected chi connectivity index (χ3v) is 6.58. The van der Waals surface area contributed by atoms with E-state index in [0.29, 0.717) is 12.5 Å². The van der Waals surface area contributed by atoms with Crippen LogP contribution in [0.5, 0.6) is 0 Å². The van der Waals surface area contributed by atoms with Crippen molar-refractivity contribution in [1.29, 1.82) is 0 Å². The molecule has 0 spiro atoms. The summed E-state index contributed by atoms with van der Waals surface area (Å²) in [6.07, 6.45) is 0. The molecule has 5 heteroatoms. The molecule has 2 atom stereocenters. The van der Waals surface area contributed by atoms with E-state index in [0.717, 1.165) is 5.56 Å². The van der Waals surface area contributed by atoms with Gasteiger partial charge < -0.3 is 4.74 Å². The maximum Gasteiger partial charge on any atom is 0.216 e. The normalized spacial score (nSPS) is 21.2. The Morgan fingerprint density at radius 1 is 1.25 bits per heavy atom. The van der Waals surface area contributed by atoms with Gasteiger partial charge in [-0.2, -0.15) is 0 Å². The molecule has 0 unspecified atom stereocenters. The smallest absolute Gasteiger partial charge is 0.216 e. The van der Waals surface area contributed by atoms with Crippen LogP contribution in [0.3, 0.4) is 0 Å². The quantitative estimate of drug-likeness (QED) is 0.860. The van der Waals surface area contributed by atoms with E-state index in [1.165, 1.54) is 0 Å². The first-order chi connectivity index (χ1) is 9.23. The van der Waals surface area contributed by atoms with E-state index in [2.05, 4.69) is 4.99 Å². The summed E-state index contributed by atoms with van der Waals surface area (Å²) in [6.45, 7) is 7.19. The van der Waals surface area contributed by atoms with E-state index in [9.17, 15) is 8.42 Å². The van der Waals surface area contributed by atoms with Gasteiger partial charge in [-0.3, -0.25) is 0 Å². The topological polar surface area (TPSA) is 55.7 Å². The Hall–Kier alpha value is -1.36. The van der Waals surface area contributed by atoms with Gasteiger partial charge in [0.05, 0.1) is 10.00 Å². The molecule has 0 radical (unpaired) electrons. The molecule has 0 aromatic heterocycles. The highest BCUT2D eigenvalue weighted by atomic mass is 32.2. The van der Waals surface area contributed by atoms with E-state index in [1.54, 1.807) is 27.7 Å². The summed E-state index contributed by atoms with van der Waals surface area (Å²) in [5.74, 6) is 0.534. The minimum Gasteiger partial charge on any atom is -0.475 e. The third-order valence-electron chi connectivity index (χ3n) is 3.58. The predicted octanol–water partition coefficient (Wildman–Crippen LogP) is 2.43. The second-order valence-electron chi connectivity index (χ2n) is 6.04. The molecule has 1 heterocycles. The molecule has 110 valence electrons. The first-order valence-electron chi connectivity index (χ1n) is 6.73. The minimum absolute atomic E-state index is 0.320. The van der Waals surface area contributed by atoms with Crippen molar-refractivity contribution in [1.82, 2.24) is 0 Å². The monoisotopic (exact) mass is 295 g/mol. The van der Waals surface area contributed by atoms with Crippen molar-refractivity contribution in [2.45, 2.75) is 43.7 Å². The number of ether oxygens (including phenoxy) is 1. The number of benzene rings is 1. The van der Waals surface area contributed by atoms with Gasteiger partial charge in [0.2, 0.25) is 5.90 Å². The number of nitrogens with zero attached hydrogens (tertiary/aromatic N) is 1. The maximum absolute atomic E-state index is 12.5. The molecule has 1 aliphatic heterocycles. The molecule has 1 aliphatic rings. The molecule has 1 aromatic carbocycles. The lowest BCUT2D eigenvalue weighted by atomic mass is 10.2. The van der Waals surface area contributed by atoms with Gasteiger partial charge in [0.25, 0.3) is 0 Å². The molecule has 4 nitrogen and oxygen atoms in total. The second-order valence-corrected chi connectivity index (χ2v) is 9.10. The Bertz CT molecular complexity index is 600. The van der Waals surface area contributed by atoms with Crippen LogP contribution in [0.2, 0.25) is 0 Å². The molecule has 0 fully saturated rings. The molecule has 0 saturated carbocycles. The van der Waals surface area contributed by atoms with Gasteiger partial charge in [-0.25, -0.2) is 13.4 Å². The van der Waals surface area contributed by atoms with Crippen molar-refractivity contribution >= 4 is 15.7 Å². The third kappa shape index (κ3) is 2.73. The number of sulfone groups is 1.